The van der Waals surface area contributed by atoms with Crippen molar-refractivity contribution in [1.29, 1.82) is 0 Å². The normalized spacial score (nSPS) is 10.6. The number of hydrogen-bond donors (Lipinski definition) is 1. The van der Waals surface area contributed by atoms with Crippen LogP contribution in [0.25, 0.3) is 11.1 Å². The van der Waals surface area contributed by atoms with Crippen molar-refractivity contribution in [2.75, 3.05) is 12.4 Å². The fraction of sp³-hybridized carbons (Fsp3) is 0.133. The number of aromatic nitrogens is 1. The lowest BCUT2D eigenvalue weighted by molar-refractivity contribution is 0.416. The molecular formula is C15H14N2O2. The maximum Gasteiger partial charge on any atom is 0.300 e. The van der Waals surface area contributed by atoms with Crippen LogP contribution in [-0.2, 0) is 0 Å². The molecule has 3 rings (SSSR count). The number of oxazole rings is 1. The minimum absolute atomic E-state index is 0.463. The van der Waals surface area contributed by atoms with E-state index in [2.05, 4.69) is 10.3 Å². The maximum absolute atomic E-state index is 5.65. The lowest BCUT2D eigenvalue weighted by atomic mass is 10.2. The molecule has 0 aliphatic heterocycles. The molecule has 19 heavy (non-hydrogen) atoms. The lowest BCUT2D eigenvalue weighted by Crippen LogP contribution is -1.94. The van der Waals surface area contributed by atoms with E-state index in [0.717, 1.165) is 28.1 Å². The number of para-hydroxylation sites is 2. The summed E-state index contributed by atoms with van der Waals surface area (Å²) in [5.41, 5.74) is 3.60. The Morgan fingerprint density at radius 3 is 2.84 bits per heavy atom. The Kier molecular flexibility index (Phi) is 2.83. The zero-order valence-electron chi connectivity index (χ0n) is 10.8. The SMILES string of the molecule is COc1ccccc1Nc1nc2cc(C)ccc2o1. The number of anilines is 2. The van der Waals surface area contributed by atoms with Gasteiger partial charge in [-0.3, -0.25) is 0 Å². The third kappa shape index (κ3) is 2.25. The third-order valence-electron chi connectivity index (χ3n) is 2.89. The first-order valence-electron chi connectivity index (χ1n) is 6.03. The van der Waals surface area contributed by atoms with Crippen LogP contribution in [0.1, 0.15) is 5.56 Å². The van der Waals surface area contributed by atoms with Gasteiger partial charge in [0.1, 0.15) is 11.3 Å². The topological polar surface area (TPSA) is 47.3 Å². The monoisotopic (exact) mass is 254 g/mol. The summed E-state index contributed by atoms with van der Waals surface area (Å²) in [6, 6.07) is 14.0. The summed E-state index contributed by atoms with van der Waals surface area (Å²) in [4.78, 5) is 4.41. The van der Waals surface area contributed by atoms with Crippen LogP contribution in [0.3, 0.4) is 0 Å². The molecule has 0 saturated carbocycles. The summed E-state index contributed by atoms with van der Waals surface area (Å²) in [5.74, 6) is 0.751. The molecule has 0 aliphatic rings. The molecule has 2 aromatic carbocycles. The summed E-state index contributed by atoms with van der Waals surface area (Å²) in [6.45, 7) is 2.03. The van der Waals surface area contributed by atoms with Gasteiger partial charge in [0.25, 0.3) is 6.01 Å². The summed E-state index contributed by atoms with van der Waals surface area (Å²) >= 11 is 0. The van der Waals surface area contributed by atoms with Crippen LogP contribution in [0, 0.1) is 6.92 Å². The summed E-state index contributed by atoms with van der Waals surface area (Å²) in [5, 5.41) is 3.13. The Morgan fingerprint density at radius 1 is 1.16 bits per heavy atom. The molecule has 1 aromatic heterocycles. The van der Waals surface area contributed by atoms with Crippen molar-refractivity contribution < 1.29 is 9.15 Å². The molecule has 1 heterocycles. The van der Waals surface area contributed by atoms with Crippen molar-refractivity contribution in [2.45, 2.75) is 6.92 Å². The van der Waals surface area contributed by atoms with Crippen LogP contribution < -0.4 is 10.1 Å². The molecule has 0 aliphatic carbocycles. The fourth-order valence-corrected chi connectivity index (χ4v) is 1.95. The van der Waals surface area contributed by atoms with Crippen LogP contribution in [0.5, 0.6) is 5.75 Å². The second-order valence-corrected chi connectivity index (χ2v) is 4.32. The Bertz CT molecular complexity index is 719. The molecule has 1 N–H and O–H groups in total. The molecule has 3 aromatic rings. The van der Waals surface area contributed by atoms with E-state index in [-0.39, 0.29) is 0 Å². The number of methoxy groups -OCH3 is 1. The first-order chi connectivity index (χ1) is 9.26. The minimum atomic E-state index is 0.463. The van der Waals surface area contributed by atoms with Crippen molar-refractivity contribution in [3.8, 4) is 5.75 Å². The molecule has 0 unspecified atom stereocenters. The van der Waals surface area contributed by atoms with Crippen molar-refractivity contribution in [3.05, 3.63) is 48.0 Å². The molecule has 0 saturated heterocycles. The van der Waals surface area contributed by atoms with E-state index in [1.54, 1.807) is 7.11 Å². The van der Waals surface area contributed by atoms with E-state index in [9.17, 15) is 0 Å². The number of ether oxygens (including phenoxy) is 1. The maximum atomic E-state index is 5.65. The highest BCUT2D eigenvalue weighted by Gasteiger charge is 2.08. The van der Waals surface area contributed by atoms with Crippen molar-refractivity contribution in [1.82, 2.24) is 4.98 Å². The van der Waals surface area contributed by atoms with E-state index < -0.39 is 0 Å². The van der Waals surface area contributed by atoms with Gasteiger partial charge in [-0.2, -0.15) is 4.98 Å². The molecule has 0 bridgehead atoms. The predicted molar refractivity (Wildman–Crippen MR) is 75.0 cm³/mol. The van der Waals surface area contributed by atoms with Gasteiger partial charge in [0.2, 0.25) is 0 Å². The van der Waals surface area contributed by atoms with E-state index in [1.807, 2.05) is 49.4 Å². The highest BCUT2D eigenvalue weighted by Crippen LogP contribution is 2.28. The van der Waals surface area contributed by atoms with Crippen molar-refractivity contribution in [2.24, 2.45) is 0 Å². The molecule has 0 atom stereocenters. The van der Waals surface area contributed by atoms with Crippen LogP contribution in [0.2, 0.25) is 0 Å². The summed E-state index contributed by atoms with van der Waals surface area (Å²) in [7, 11) is 1.63. The average Bonchev–Trinajstić information content (AvgIpc) is 2.80. The zero-order valence-corrected chi connectivity index (χ0v) is 10.8. The number of hydrogen-bond acceptors (Lipinski definition) is 4. The van der Waals surface area contributed by atoms with Gasteiger partial charge in [-0.1, -0.05) is 18.2 Å². The molecule has 4 heteroatoms. The molecule has 4 nitrogen and oxygen atoms in total. The fourth-order valence-electron chi connectivity index (χ4n) is 1.95. The van der Waals surface area contributed by atoms with Gasteiger partial charge < -0.3 is 14.5 Å². The van der Waals surface area contributed by atoms with E-state index in [1.165, 1.54) is 0 Å². The average molecular weight is 254 g/mol. The predicted octanol–water partition coefficient (Wildman–Crippen LogP) is 3.89. The standard InChI is InChI=1S/C15H14N2O2/c1-10-7-8-14-12(9-10)17-15(19-14)16-11-5-3-4-6-13(11)18-2/h3-9H,1-2H3,(H,16,17). The van der Waals surface area contributed by atoms with Gasteiger partial charge in [-0.25, -0.2) is 0 Å². The highest BCUT2D eigenvalue weighted by molar-refractivity contribution is 5.76. The molecular weight excluding hydrogens is 240 g/mol. The third-order valence-corrected chi connectivity index (χ3v) is 2.89. The number of benzene rings is 2. The number of nitrogens with one attached hydrogen (secondary N) is 1. The van der Waals surface area contributed by atoms with Gasteiger partial charge in [0, 0.05) is 0 Å². The number of nitrogens with zero attached hydrogens (tertiary/aromatic N) is 1. The molecule has 0 fully saturated rings. The highest BCUT2D eigenvalue weighted by atomic mass is 16.5. The number of rotatable bonds is 3. The van der Waals surface area contributed by atoms with E-state index >= 15 is 0 Å². The van der Waals surface area contributed by atoms with Crippen molar-refractivity contribution in [3.63, 3.8) is 0 Å². The molecule has 0 radical (unpaired) electrons. The zero-order chi connectivity index (χ0) is 13.2. The molecule has 96 valence electrons. The Morgan fingerprint density at radius 2 is 2.00 bits per heavy atom. The Hall–Kier alpha value is -2.49. The van der Waals surface area contributed by atoms with E-state index in [4.69, 9.17) is 9.15 Å². The second-order valence-electron chi connectivity index (χ2n) is 4.32. The number of fused-ring (bicyclic) bond motifs is 1. The first kappa shape index (κ1) is 11.6. The quantitative estimate of drug-likeness (QED) is 0.770. The van der Waals surface area contributed by atoms with Crippen LogP contribution in [0.15, 0.2) is 46.9 Å². The van der Waals surface area contributed by atoms with Crippen LogP contribution in [0.4, 0.5) is 11.7 Å². The molecule has 0 spiro atoms. The van der Waals surface area contributed by atoms with Gasteiger partial charge in [0.05, 0.1) is 12.8 Å². The Balaban J connectivity index is 1.96. The second kappa shape index (κ2) is 4.65. The molecule has 0 amide bonds. The minimum Gasteiger partial charge on any atom is -0.495 e. The van der Waals surface area contributed by atoms with Gasteiger partial charge in [-0.15, -0.1) is 0 Å². The largest absolute Gasteiger partial charge is 0.495 e. The van der Waals surface area contributed by atoms with Gasteiger partial charge in [-0.05, 0) is 36.8 Å². The number of aryl methyl sites for hydroxylation is 1. The lowest BCUT2D eigenvalue weighted by Gasteiger charge is -2.07. The van der Waals surface area contributed by atoms with Crippen molar-refractivity contribution >= 4 is 22.8 Å². The Labute approximate surface area is 111 Å². The van der Waals surface area contributed by atoms with Gasteiger partial charge >= 0.3 is 0 Å². The van der Waals surface area contributed by atoms with Crippen LogP contribution in [-0.4, -0.2) is 12.1 Å². The smallest absolute Gasteiger partial charge is 0.300 e. The summed E-state index contributed by atoms with van der Waals surface area (Å²) < 4.78 is 10.9. The van der Waals surface area contributed by atoms with Gasteiger partial charge in [0.15, 0.2) is 5.58 Å². The van der Waals surface area contributed by atoms with Crippen LogP contribution >= 0.6 is 0 Å². The first-order valence-corrected chi connectivity index (χ1v) is 6.03. The summed E-state index contributed by atoms with van der Waals surface area (Å²) in [6.07, 6.45) is 0. The van der Waals surface area contributed by atoms with E-state index in [0.29, 0.717) is 6.01 Å².